The molecule has 7 heteroatoms. The van der Waals surface area contributed by atoms with Gasteiger partial charge in [-0.3, -0.25) is 9.59 Å². The lowest BCUT2D eigenvalue weighted by Gasteiger charge is -2.08. The lowest BCUT2D eigenvalue weighted by atomic mass is 10.2. The summed E-state index contributed by atoms with van der Waals surface area (Å²) in [7, 11) is 0. The van der Waals surface area contributed by atoms with E-state index in [2.05, 4.69) is 10.6 Å². The third kappa shape index (κ3) is 4.69. The fourth-order valence-corrected chi connectivity index (χ4v) is 1.96. The first kappa shape index (κ1) is 16.8. The van der Waals surface area contributed by atoms with Crippen molar-refractivity contribution >= 4 is 23.4 Å². The Morgan fingerprint density at radius 3 is 2.22 bits per heavy atom. The number of benzene rings is 2. The molecule has 3 N–H and O–H groups in total. The average molecular weight is 337 g/mol. The maximum Gasteiger partial charge on any atom is 0.254 e. The van der Waals surface area contributed by atoms with Crippen LogP contribution in [0, 0.1) is 5.82 Å². The summed E-state index contributed by atoms with van der Waals surface area (Å²) in [5, 5.41) is 14.7. The Morgan fingerprint density at radius 1 is 1.00 bits per heavy atom. The summed E-state index contributed by atoms with van der Waals surface area (Å²) in [5.41, 5.74) is 0.275. The van der Waals surface area contributed by atoms with Crippen molar-refractivity contribution in [2.45, 2.75) is 0 Å². The third-order valence-electron chi connectivity index (χ3n) is 3.00. The topological polar surface area (TPSA) is 78.4 Å². The maximum atomic E-state index is 13.5. The van der Waals surface area contributed by atoms with Crippen molar-refractivity contribution in [3.05, 3.63) is 64.4 Å². The molecule has 0 aromatic heterocycles. The molecule has 0 aliphatic heterocycles. The highest BCUT2D eigenvalue weighted by molar-refractivity contribution is 6.30. The van der Waals surface area contributed by atoms with Gasteiger partial charge in [0.15, 0.2) is 0 Å². The molecule has 2 amide bonds. The second-order valence-electron chi connectivity index (χ2n) is 4.68. The molecule has 5 nitrogen and oxygen atoms in total. The number of rotatable bonds is 5. The number of halogens is 2. The summed E-state index contributed by atoms with van der Waals surface area (Å²) in [6.07, 6.45) is 0. The van der Waals surface area contributed by atoms with E-state index in [-0.39, 0.29) is 30.3 Å². The molecule has 0 aliphatic rings. The van der Waals surface area contributed by atoms with Gasteiger partial charge >= 0.3 is 0 Å². The lowest BCUT2D eigenvalue weighted by Crippen LogP contribution is -2.35. The molecule has 0 unspecified atom stereocenters. The van der Waals surface area contributed by atoms with Crippen LogP contribution in [0.1, 0.15) is 20.7 Å². The van der Waals surface area contributed by atoms with E-state index < -0.39 is 11.7 Å². The Labute approximate surface area is 137 Å². The highest BCUT2D eigenvalue weighted by atomic mass is 35.5. The van der Waals surface area contributed by atoms with Gasteiger partial charge in [-0.05, 0) is 36.4 Å². The average Bonchev–Trinajstić information content (AvgIpc) is 2.51. The first-order valence-electron chi connectivity index (χ1n) is 6.78. The van der Waals surface area contributed by atoms with Crippen LogP contribution in [0.2, 0.25) is 5.02 Å². The lowest BCUT2D eigenvalue weighted by molar-refractivity contribution is 0.0925. The van der Waals surface area contributed by atoms with E-state index in [0.29, 0.717) is 10.6 Å². The van der Waals surface area contributed by atoms with E-state index in [9.17, 15) is 14.0 Å². The van der Waals surface area contributed by atoms with E-state index in [1.807, 2.05) is 0 Å². The largest absolute Gasteiger partial charge is 0.508 e. The monoisotopic (exact) mass is 336 g/mol. The quantitative estimate of drug-likeness (QED) is 0.733. The zero-order valence-electron chi connectivity index (χ0n) is 12.0. The highest BCUT2D eigenvalue weighted by Crippen LogP contribution is 2.14. The highest BCUT2D eigenvalue weighted by Gasteiger charge is 2.11. The normalized spacial score (nSPS) is 10.2. The Morgan fingerprint density at radius 2 is 1.61 bits per heavy atom. The molecular formula is C16H14ClFN2O3. The zero-order valence-corrected chi connectivity index (χ0v) is 12.7. The minimum absolute atomic E-state index is 0.137. The second kappa shape index (κ2) is 7.60. The molecule has 120 valence electrons. The van der Waals surface area contributed by atoms with Gasteiger partial charge in [0.2, 0.25) is 0 Å². The van der Waals surface area contributed by atoms with Crippen molar-refractivity contribution in [3.8, 4) is 5.75 Å². The van der Waals surface area contributed by atoms with Gasteiger partial charge in [0.05, 0.1) is 5.56 Å². The Hall–Kier alpha value is -2.60. The summed E-state index contributed by atoms with van der Waals surface area (Å²) < 4.78 is 13.5. The Kier molecular flexibility index (Phi) is 5.54. The standard InChI is InChI=1S/C16H14ClFN2O3/c17-11-3-1-10(2-4-11)15(22)19-7-8-20-16(23)13-6-5-12(21)9-14(13)18/h1-6,9,21H,7-8H2,(H,19,22)(H,20,23). The van der Waals surface area contributed by atoms with Crippen molar-refractivity contribution < 1.29 is 19.1 Å². The minimum Gasteiger partial charge on any atom is -0.508 e. The smallest absolute Gasteiger partial charge is 0.254 e. The number of carbonyl (C=O) groups is 2. The first-order chi connectivity index (χ1) is 11.0. The molecule has 0 atom stereocenters. The van der Waals surface area contributed by atoms with Crippen LogP contribution in [0.15, 0.2) is 42.5 Å². The van der Waals surface area contributed by atoms with Crippen LogP contribution in [0.5, 0.6) is 5.75 Å². The van der Waals surface area contributed by atoms with Crippen molar-refractivity contribution in [2.24, 2.45) is 0 Å². The number of phenols is 1. The number of nitrogens with one attached hydrogen (secondary N) is 2. The van der Waals surface area contributed by atoms with Crippen molar-refractivity contribution in [3.63, 3.8) is 0 Å². The van der Waals surface area contributed by atoms with Crippen LogP contribution in [0.3, 0.4) is 0 Å². The first-order valence-corrected chi connectivity index (χ1v) is 7.15. The molecule has 0 saturated heterocycles. The summed E-state index contributed by atoms with van der Waals surface area (Å²) in [6, 6.07) is 9.64. The van der Waals surface area contributed by atoms with Gasteiger partial charge in [0, 0.05) is 29.7 Å². The molecule has 0 saturated carbocycles. The molecular weight excluding hydrogens is 323 g/mol. The maximum absolute atomic E-state index is 13.5. The van der Waals surface area contributed by atoms with Gasteiger partial charge in [-0.1, -0.05) is 11.6 Å². The van der Waals surface area contributed by atoms with E-state index in [1.54, 1.807) is 24.3 Å². The number of hydrogen-bond donors (Lipinski definition) is 3. The van der Waals surface area contributed by atoms with Gasteiger partial charge in [0.1, 0.15) is 11.6 Å². The van der Waals surface area contributed by atoms with Gasteiger partial charge in [-0.15, -0.1) is 0 Å². The number of phenolic OH excluding ortho intramolecular Hbond substituents is 1. The fraction of sp³-hybridized carbons (Fsp3) is 0.125. The third-order valence-corrected chi connectivity index (χ3v) is 3.25. The van der Waals surface area contributed by atoms with Crippen molar-refractivity contribution in [2.75, 3.05) is 13.1 Å². The SMILES string of the molecule is O=C(NCCNC(=O)c1ccc(O)cc1F)c1ccc(Cl)cc1. The molecule has 0 radical (unpaired) electrons. The van der Waals surface area contributed by atoms with E-state index in [4.69, 9.17) is 16.7 Å². The number of amides is 2. The fourth-order valence-electron chi connectivity index (χ4n) is 1.84. The zero-order chi connectivity index (χ0) is 16.8. The van der Waals surface area contributed by atoms with Crippen molar-refractivity contribution in [1.82, 2.24) is 10.6 Å². The van der Waals surface area contributed by atoms with Gasteiger partial charge in [-0.2, -0.15) is 0 Å². The molecule has 0 fully saturated rings. The predicted octanol–water partition coefficient (Wildman–Crippen LogP) is 2.34. The van der Waals surface area contributed by atoms with Crippen LogP contribution < -0.4 is 10.6 Å². The predicted molar refractivity (Wildman–Crippen MR) is 84.2 cm³/mol. The molecule has 2 aromatic carbocycles. The second-order valence-corrected chi connectivity index (χ2v) is 5.12. The minimum atomic E-state index is -0.812. The van der Waals surface area contributed by atoms with Crippen molar-refractivity contribution in [1.29, 1.82) is 0 Å². The molecule has 2 aromatic rings. The van der Waals surface area contributed by atoms with Gasteiger partial charge in [0.25, 0.3) is 11.8 Å². The van der Waals surface area contributed by atoms with E-state index >= 15 is 0 Å². The molecule has 23 heavy (non-hydrogen) atoms. The summed E-state index contributed by atoms with van der Waals surface area (Å²) >= 11 is 5.73. The number of carbonyl (C=O) groups excluding carboxylic acids is 2. The Bertz CT molecular complexity index is 720. The summed E-state index contributed by atoms with van der Waals surface area (Å²) in [5.74, 6) is -1.99. The van der Waals surface area contributed by atoms with E-state index in [0.717, 1.165) is 6.07 Å². The van der Waals surface area contributed by atoms with Crippen LogP contribution in [0.25, 0.3) is 0 Å². The van der Waals surface area contributed by atoms with Crippen LogP contribution >= 0.6 is 11.6 Å². The molecule has 0 bridgehead atoms. The van der Waals surface area contributed by atoms with Crippen LogP contribution in [-0.2, 0) is 0 Å². The molecule has 0 heterocycles. The van der Waals surface area contributed by atoms with E-state index in [1.165, 1.54) is 12.1 Å². The van der Waals surface area contributed by atoms with Crippen LogP contribution in [0.4, 0.5) is 4.39 Å². The van der Waals surface area contributed by atoms with Gasteiger partial charge in [-0.25, -0.2) is 4.39 Å². The molecule has 2 rings (SSSR count). The van der Waals surface area contributed by atoms with Crippen LogP contribution in [-0.4, -0.2) is 30.0 Å². The number of aromatic hydroxyl groups is 1. The van der Waals surface area contributed by atoms with Gasteiger partial charge < -0.3 is 15.7 Å². The summed E-state index contributed by atoms with van der Waals surface area (Å²) in [6.45, 7) is 0.325. The summed E-state index contributed by atoms with van der Waals surface area (Å²) in [4.78, 5) is 23.6. The number of hydrogen-bond acceptors (Lipinski definition) is 3. The molecule has 0 spiro atoms. The Balaban J connectivity index is 1.79. The molecule has 0 aliphatic carbocycles.